The summed E-state index contributed by atoms with van der Waals surface area (Å²) in [6.07, 6.45) is 6.13. The summed E-state index contributed by atoms with van der Waals surface area (Å²) in [5, 5.41) is 0. The maximum Gasteiger partial charge on any atom is 0.114 e. The highest BCUT2D eigenvalue weighted by Gasteiger charge is 2.02. The van der Waals surface area contributed by atoms with E-state index in [9.17, 15) is 0 Å². The van der Waals surface area contributed by atoms with Crippen LogP contribution in [0.5, 0.6) is 0 Å². The maximum atomic E-state index is 5.32. The number of nitrogens with zero attached hydrogens (tertiary/aromatic N) is 3. The van der Waals surface area contributed by atoms with E-state index < -0.39 is 0 Å². The monoisotopic (exact) mass is 203 g/mol. The average Bonchev–Trinajstić information content (AvgIpc) is 2.65. The summed E-state index contributed by atoms with van der Waals surface area (Å²) >= 11 is 0. The minimum Gasteiger partial charge on any atom is -0.338 e. The third kappa shape index (κ3) is 2.13. The van der Waals surface area contributed by atoms with Gasteiger partial charge in [-0.3, -0.25) is 10.8 Å². The van der Waals surface area contributed by atoms with E-state index in [-0.39, 0.29) is 0 Å². The molecule has 0 spiro atoms. The molecule has 2 aromatic rings. The van der Waals surface area contributed by atoms with E-state index in [1.54, 1.807) is 12.4 Å². The highest BCUT2D eigenvalue weighted by atomic mass is 15.2. The Bertz CT molecular complexity index is 449. The molecule has 0 amide bonds. The normalized spacial score (nSPS) is 10.3. The summed E-state index contributed by atoms with van der Waals surface area (Å²) in [4.78, 5) is 8.49. The quantitative estimate of drug-likeness (QED) is 0.569. The summed E-state index contributed by atoms with van der Waals surface area (Å²) in [6, 6.07) is 3.73. The molecule has 0 aliphatic rings. The fraction of sp³-hybridized carbons (Fsp3) is 0.200. The van der Waals surface area contributed by atoms with Gasteiger partial charge in [0.1, 0.15) is 5.82 Å². The molecule has 5 heteroatoms. The first-order valence-electron chi connectivity index (χ1n) is 4.67. The van der Waals surface area contributed by atoms with Gasteiger partial charge in [-0.2, -0.15) is 0 Å². The van der Waals surface area contributed by atoms with Gasteiger partial charge in [-0.05, 0) is 12.1 Å². The number of nitrogens with one attached hydrogen (secondary N) is 1. The van der Waals surface area contributed by atoms with E-state index in [4.69, 9.17) is 5.84 Å². The van der Waals surface area contributed by atoms with Crippen LogP contribution in [0, 0.1) is 0 Å². The van der Waals surface area contributed by atoms with Crippen LogP contribution in [0.15, 0.2) is 30.7 Å². The number of aryl methyl sites for hydroxylation is 1. The first kappa shape index (κ1) is 9.67. The van der Waals surface area contributed by atoms with E-state index in [2.05, 4.69) is 15.4 Å². The number of rotatable bonds is 3. The molecule has 2 heterocycles. The van der Waals surface area contributed by atoms with Crippen LogP contribution in [-0.4, -0.2) is 14.5 Å². The summed E-state index contributed by atoms with van der Waals surface area (Å²) in [5.74, 6) is 6.31. The zero-order chi connectivity index (χ0) is 10.7. The molecule has 5 nitrogen and oxygen atoms in total. The fourth-order valence-electron chi connectivity index (χ4n) is 1.39. The lowest BCUT2D eigenvalue weighted by Gasteiger charge is -2.03. The third-order valence-corrected chi connectivity index (χ3v) is 2.24. The second-order valence-corrected chi connectivity index (χ2v) is 3.31. The minimum atomic E-state index is 0.707. The number of imidazole rings is 1. The Morgan fingerprint density at radius 1 is 1.40 bits per heavy atom. The molecule has 2 rings (SSSR count). The van der Waals surface area contributed by atoms with Crippen molar-refractivity contribution >= 4 is 5.69 Å². The highest BCUT2D eigenvalue weighted by Crippen LogP contribution is 2.09. The number of nitrogens with two attached hydrogens (primary N) is 1. The Morgan fingerprint density at radius 3 is 2.93 bits per heavy atom. The number of hydrogen-bond donors (Lipinski definition) is 2. The zero-order valence-corrected chi connectivity index (χ0v) is 8.51. The molecule has 0 radical (unpaired) electrons. The van der Waals surface area contributed by atoms with Gasteiger partial charge in [0.15, 0.2) is 0 Å². The SMILES string of the molecule is Cn1ccnc1Cc1cc(NN)ccn1. The van der Waals surface area contributed by atoms with Crippen molar-refractivity contribution in [3.8, 4) is 0 Å². The van der Waals surface area contributed by atoms with Gasteiger partial charge in [0.05, 0.1) is 5.69 Å². The van der Waals surface area contributed by atoms with Gasteiger partial charge < -0.3 is 9.99 Å². The number of pyridine rings is 1. The van der Waals surface area contributed by atoms with Crippen molar-refractivity contribution in [1.29, 1.82) is 0 Å². The predicted molar refractivity (Wildman–Crippen MR) is 58.1 cm³/mol. The van der Waals surface area contributed by atoms with E-state index in [1.165, 1.54) is 0 Å². The maximum absolute atomic E-state index is 5.32. The van der Waals surface area contributed by atoms with Crippen LogP contribution in [0.3, 0.4) is 0 Å². The van der Waals surface area contributed by atoms with Gasteiger partial charge in [-0.1, -0.05) is 0 Å². The molecular weight excluding hydrogens is 190 g/mol. The molecule has 2 aromatic heterocycles. The number of anilines is 1. The molecule has 78 valence electrons. The Kier molecular flexibility index (Phi) is 2.64. The van der Waals surface area contributed by atoms with Gasteiger partial charge in [0.2, 0.25) is 0 Å². The van der Waals surface area contributed by atoms with Crippen LogP contribution in [0.4, 0.5) is 5.69 Å². The van der Waals surface area contributed by atoms with Crippen LogP contribution in [0.25, 0.3) is 0 Å². The number of nitrogen functional groups attached to an aromatic ring is 1. The van der Waals surface area contributed by atoms with E-state index in [1.807, 2.05) is 29.9 Å². The summed E-state index contributed by atoms with van der Waals surface area (Å²) in [7, 11) is 1.97. The van der Waals surface area contributed by atoms with Crippen molar-refractivity contribution in [2.75, 3.05) is 5.43 Å². The van der Waals surface area contributed by atoms with Crippen molar-refractivity contribution < 1.29 is 0 Å². The van der Waals surface area contributed by atoms with Gasteiger partial charge in [0, 0.05) is 37.8 Å². The Morgan fingerprint density at radius 2 is 2.27 bits per heavy atom. The standard InChI is InChI=1S/C10H13N5/c1-15-5-4-13-10(15)7-9-6-8(14-11)2-3-12-9/h2-6H,7,11H2,1H3,(H,12,14). The summed E-state index contributed by atoms with van der Waals surface area (Å²) in [6.45, 7) is 0. The molecule has 15 heavy (non-hydrogen) atoms. The highest BCUT2D eigenvalue weighted by molar-refractivity contribution is 5.42. The van der Waals surface area contributed by atoms with Crippen LogP contribution in [0.1, 0.15) is 11.5 Å². The summed E-state index contributed by atoms with van der Waals surface area (Å²) in [5.41, 5.74) is 4.39. The smallest absolute Gasteiger partial charge is 0.114 e. The van der Waals surface area contributed by atoms with Gasteiger partial charge in [-0.25, -0.2) is 4.98 Å². The lowest BCUT2D eigenvalue weighted by molar-refractivity contribution is 0.811. The molecule has 3 N–H and O–H groups in total. The predicted octanol–water partition coefficient (Wildman–Crippen LogP) is 0.692. The average molecular weight is 203 g/mol. The molecule has 0 unspecified atom stereocenters. The number of hydrazine groups is 1. The van der Waals surface area contributed by atoms with E-state index >= 15 is 0 Å². The molecule has 0 aliphatic carbocycles. The Labute approximate surface area is 87.9 Å². The van der Waals surface area contributed by atoms with Crippen LogP contribution in [0.2, 0.25) is 0 Å². The van der Waals surface area contributed by atoms with Crippen molar-refractivity contribution in [1.82, 2.24) is 14.5 Å². The van der Waals surface area contributed by atoms with Gasteiger partial charge in [-0.15, -0.1) is 0 Å². The molecule has 0 bridgehead atoms. The largest absolute Gasteiger partial charge is 0.338 e. The number of hydrogen-bond acceptors (Lipinski definition) is 4. The van der Waals surface area contributed by atoms with Crippen LogP contribution >= 0.6 is 0 Å². The van der Waals surface area contributed by atoms with Gasteiger partial charge in [0.25, 0.3) is 0 Å². The van der Waals surface area contributed by atoms with Crippen molar-refractivity contribution in [3.05, 3.63) is 42.2 Å². The fourth-order valence-corrected chi connectivity index (χ4v) is 1.39. The second kappa shape index (κ2) is 4.10. The molecule has 0 saturated heterocycles. The number of aromatic nitrogens is 3. The van der Waals surface area contributed by atoms with Crippen molar-refractivity contribution in [2.24, 2.45) is 12.9 Å². The van der Waals surface area contributed by atoms with Crippen LogP contribution < -0.4 is 11.3 Å². The van der Waals surface area contributed by atoms with E-state index in [0.29, 0.717) is 6.42 Å². The lowest BCUT2D eigenvalue weighted by Crippen LogP contribution is -2.08. The molecule has 0 aliphatic heterocycles. The van der Waals surface area contributed by atoms with Crippen molar-refractivity contribution in [2.45, 2.75) is 6.42 Å². The lowest BCUT2D eigenvalue weighted by atomic mass is 10.2. The van der Waals surface area contributed by atoms with Crippen molar-refractivity contribution in [3.63, 3.8) is 0 Å². The Balaban J connectivity index is 2.21. The first-order valence-corrected chi connectivity index (χ1v) is 4.67. The molecule has 0 saturated carbocycles. The first-order chi connectivity index (χ1) is 7.29. The second-order valence-electron chi connectivity index (χ2n) is 3.31. The van der Waals surface area contributed by atoms with E-state index in [0.717, 1.165) is 17.2 Å². The minimum absolute atomic E-state index is 0.707. The zero-order valence-electron chi connectivity index (χ0n) is 8.51. The van der Waals surface area contributed by atoms with Gasteiger partial charge >= 0.3 is 0 Å². The van der Waals surface area contributed by atoms with Crippen LogP contribution in [-0.2, 0) is 13.5 Å². The Hall–Kier alpha value is -1.88. The summed E-state index contributed by atoms with van der Waals surface area (Å²) < 4.78 is 1.98. The third-order valence-electron chi connectivity index (χ3n) is 2.24. The molecular formula is C10H13N5. The molecule has 0 fully saturated rings. The molecule has 0 aromatic carbocycles. The topological polar surface area (TPSA) is 68.8 Å². The molecule has 0 atom stereocenters.